The third-order valence-corrected chi connectivity index (χ3v) is 3.93. The van der Waals surface area contributed by atoms with E-state index in [-0.39, 0.29) is 23.4 Å². The summed E-state index contributed by atoms with van der Waals surface area (Å²) in [6, 6.07) is 6.59. The molecule has 0 aromatic heterocycles. The Bertz CT molecular complexity index is 661. The number of hydrogen-bond donors (Lipinski definition) is 2. The Hall–Kier alpha value is -2.40. The van der Waals surface area contributed by atoms with Gasteiger partial charge in [0, 0.05) is 6.54 Å². The van der Waals surface area contributed by atoms with Crippen molar-refractivity contribution < 1.29 is 23.1 Å². The van der Waals surface area contributed by atoms with Crippen molar-refractivity contribution in [3.05, 3.63) is 29.8 Å². The van der Waals surface area contributed by atoms with Crippen molar-refractivity contribution in [2.75, 3.05) is 12.3 Å². The summed E-state index contributed by atoms with van der Waals surface area (Å²) >= 11 is 0. The maximum absolute atomic E-state index is 11.9. The smallest absolute Gasteiger partial charge is 0.335 e. The van der Waals surface area contributed by atoms with E-state index in [0.717, 1.165) is 6.07 Å². The molecule has 0 saturated heterocycles. The number of sulfone groups is 1. The van der Waals surface area contributed by atoms with Crippen LogP contribution in [0.25, 0.3) is 0 Å². The minimum atomic E-state index is -3.91. The van der Waals surface area contributed by atoms with Crippen LogP contribution in [0.5, 0.6) is 0 Å². The Balaban J connectivity index is 2.84. The number of amides is 1. The summed E-state index contributed by atoms with van der Waals surface area (Å²) in [5.74, 6) is -2.77. The van der Waals surface area contributed by atoms with Crippen LogP contribution in [0.2, 0.25) is 0 Å². The zero-order valence-electron chi connectivity index (χ0n) is 10.4. The van der Waals surface area contributed by atoms with Gasteiger partial charge < -0.3 is 10.4 Å². The van der Waals surface area contributed by atoms with E-state index < -0.39 is 27.5 Å². The number of carboxylic acid groups (broad SMARTS) is 1. The van der Waals surface area contributed by atoms with Crippen molar-refractivity contribution in [2.45, 2.75) is 11.3 Å². The molecule has 0 spiro atoms. The summed E-state index contributed by atoms with van der Waals surface area (Å²) in [5.41, 5.74) is -0.170. The lowest BCUT2D eigenvalue weighted by Crippen LogP contribution is -2.31. The standard InChI is InChI=1S/C12H12N2O5S/c13-5-2-6-14-11(15)8-20(18,19)10-4-1-3-9(7-10)12(16)17/h1,3-4,7H,2,6,8H2,(H,14,15)(H,16,17). The molecule has 0 radical (unpaired) electrons. The highest BCUT2D eigenvalue weighted by Gasteiger charge is 2.20. The van der Waals surface area contributed by atoms with Crippen molar-refractivity contribution in [3.63, 3.8) is 0 Å². The molecule has 0 saturated carbocycles. The van der Waals surface area contributed by atoms with Crippen LogP contribution in [0.15, 0.2) is 29.2 Å². The van der Waals surface area contributed by atoms with E-state index in [4.69, 9.17) is 10.4 Å². The molecular formula is C12H12N2O5S. The lowest BCUT2D eigenvalue weighted by Gasteiger charge is -2.06. The monoisotopic (exact) mass is 296 g/mol. The number of nitrogens with zero attached hydrogens (tertiary/aromatic N) is 1. The van der Waals surface area contributed by atoms with Crippen molar-refractivity contribution in [1.29, 1.82) is 5.26 Å². The highest BCUT2D eigenvalue weighted by Crippen LogP contribution is 2.13. The normalized spacial score (nSPS) is 10.6. The molecule has 0 aliphatic carbocycles. The molecule has 0 fully saturated rings. The van der Waals surface area contributed by atoms with E-state index in [1.807, 2.05) is 6.07 Å². The molecule has 1 amide bonds. The van der Waals surface area contributed by atoms with Crippen LogP contribution >= 0.6 is 0 Å². The van der Waals surface area contributed by atoms with Crippen LogP contribution in [0, 0.1) is 11.3 Å². The van der Waals surface area contributed by atoms with E-state index >= 15 is 0 Å². The molecule has 0 bridgehead atoms. The second-order valence-corrected chi connectivity index (χ2v) is 5.84. The number of benzene rings is 1. The van der Waals surface area contributed by atoms with Crippen LogP contribution in [0.1, 0.15) is 16.8 Å². The summed E-state index contributed by atoms with van der Waals surface area (Å²) in [7, 11) is -3.91. The van der Waals surface area contributed by atoms with Crippen LogP contribution < -0.4 is 5.32 Å². The van der Waals surface area contributed by atoms with Crippen molar-refractivity contribution in [1.82, 2.24) is 5.32 Å². The fraction of sp³-hybridized carbons (Fsp3) is 0.250. The molecule has 0 atom stereocenters. The fourth-order valence-corrected chi connectivity index (χ4v) is 2.59. The molecule has 1 rings (SSSR count). The molecule has 0 aliphatic heterocycles. The third kappa shape index (κ3) is 4.37. The van der Waals surface area contributed by atoms with Gasteiger partial charge in [0.1, 0.15) is 5.75 Å². The second-order valence-electron chi connectivity index (χ2n) is 3.85. The number of nitrogens with one attached hydrogen (secondary N) is 1. The lowest BCUT2D eigenvalue weighted by atomic mass is 10.2. The largest absolute Gasteiger partial charge is 0.478 e. The van der Waals surface area contributed by atoms with E-state index in [1.54, 1.807) is 0 Å². The maximum atomic E-state index is 11.9. The van der Waals surface area contributed by atoms with Gasteiger partial charge in [0.2, 0.25) is 5.91 Å². The predicted molar refractivity (Wildman–Crippen MR) is 68.7 cm³/mol. The topological polar surface area (TPSA) is 124 Å². The van der Waals surface area contributed by atoms with Gasteiger partial charge >= 0.3 is 5.97 Å². The molecular weight excluding hydrogens is 284 g/mol. The van der Waals surface area contributed by atoms with Gasteiger partial charge in [-0.05, 0) is 18.2 Å². The molecule has 7 nitrogen and oxygen atoms in total. The van der Waals surface area contributed by atoms with Gasteiger partial charge in [0.05, 0.1) is 22.9 Å². The van der Waals surface area contributed by atoms with Gasteiger partial charge in [0.25, 0.3) is 0 Å². The SMILES string of the molecule is N#CCCNC(=O)CS(=O)(=O)c1cccc(C(=O)O)c1. The molecule has 0 aliphatic rings. The molecule has 0 heterocycles. The quantitative estimate of drug-likeness (QED) is 0.722. The van der Waals surface area contributed by atoms with E-state index in [9.17, 15) is 18.0 Å². The molecule has 1 aromatic rings. The number of carbonyl (C=O) groups excluding carboxylic acids is 1. The second kappa shape index (κ2) is 6.68. The summed E-state index contributed by atoms with van der Waals surface area (Å²) in [6.07, 6.45) is 0.0836. The van der Waals surface area contributed by atoms with Crippen molar-refractivity contribution in [2.24, 2.45) is 0 Å². The first-order valence-corrected chi connectivity index (χ1v) is 7.22. The number of aromatic carboxylic acids is 1. The van der Waals surface area contributed by atoms with Crippen molar-refractivity contribution in [3.8, 4) is 6.07 Å². The summed E-state index contributed by atoms with van der Waals surface area (Å²) in [5, 5.41) is 19.4. The molecule has 0 unspecified atom stereocenters. The maximum Gasteiger partial charge on any atom is 0.335 e. The highest BCUT2D eigenvalue weighted by atomic mass is 32.2. The van der Waals surface area contributed by atoms with E-state index in [2.05, 4.69) is 5.32 Å². The Morgan fingerprint density at radius 1 is 1.35 bits per heavy atom. The molecule has 8 heteroatoms. The van der Waals surface area contributed by atoms with E-state index in [0.29, 0.717) is 0 Å². The summed E-state index contributed by atoms with van der Waals surface area (Å²) < 4.78 is 23.9. The van der Waals surface area contributed by atoms with Gasteiger partial charge in [-0.1, -0.05) is 6.07 Å². The number of carboxylic acids is 1. The number of nitriles is 1. The third-order valence-electron chi connectivity index (χ3n) is 2.32. The summed E-state index contributed by atoms with van der Waals surface area (Å²) in [4.78, 5) is 22.0. The van der Waals surface area contributed by atoms with Gasteiger partial charge in [-0.2, -0.15) is 5.26 Å². The zero-order chi connectivity index (χ0) is 15.2. The lowest BCUT2D eigenvalue weighted by molar-refractivity contribution is -0.118. The Kier molecular flexibility index (Phi) is 5.23. The zero-order valence-corrected chi connectivity index (χ0v) is 11.2. The number of rotatable bonds is 6. The highest BCUT2D eigenvalue weighted by molar-refractivity contribution is 7.92. The first-order chi connectivity index (χ1) is 9.36. The molecule has 106 valence electrons. The fourth-order valence-electron chi connectivity index (χ4n) is 1.39. The number of carbonyl (C=O) groups is 2. The predicted octanol–water partition coefficient (Wildman–Crippen LogP) is 0.188. The van der Waals surface area contributed by atoms with Crippen molar-refractivity contribution >= 4 is 21.7 Å². The number of hydrogen-bond acceptors (Lipinski definition) is 5. The summed E-state index contributed by atoms with van der Waals surface area (Å²) in [6.45, 7) is 0.0695. The van der Waals surface area contributed by atoms with E-state index in [1.165, 1.54) is 18.2 Å². The van der Waals surface area contributed by atoms with Gasteiger partial charge in [-0.3, -0.25) is 4.79 Å². The average Bonchev–Trinajstić information content (AvgIpc) is 2.38. The average molecular weight is 296 g/mol. The molecule has 20 heavy (non-hydrogen) atoms. The van der Waals surface area contributed by atoms with Crippen LogP contribution in [-0.2, 0) is 14.6 Å². The van der Waals surface area contributed by atoms with Crippen LogP contribution in [0.3, 0.4) is 0 Å². The van der Waals surface area contributed by atoms with Gasteiger partial charge in [-0.25, -0.2) is 13.2 Å². The Morgan fingerprint density at radius 2 is 2.05 bits per heavy atom. The van der Waals surface area contributed by atoms with Crippen LogP contribution in [-0.4, -0.2) is 37.7 Å². The van der Waals surface area contributed by atoms with Gasteiger partial charge in [0.15, 0.2) is 9.84 Å². The Morgan fingerprint density at radius 3 is 2.65 bits per heavy atom. The van der Waals surface area contributed by atoms with Crippen LogP contribution in [0.4, 0.5) is 0 Å². The molecule has 1 aromatic carbocycles. The first-order valence-electron chi connectivity index (χ1n) is 5.56. The molecule has 2 N–H and O–H groups in total. The minimum Gasteiger partial charge on any atom is -0.478 e. The first kappa shape index (κ1) is 15.7. The Labute approximate surface area is 115 Å². The van der Waals surface area contributed by atoms with Gasteiger partial charge in [-0.15, -0.1) is 0 Å². The minimum absolute atomic E-state index is 0.0695.